The molecule has 3 nitrogen and oxygen atoms in total. The summed E-state index contributed by atoms with van der Waals surface area (Å²) in [6.45, 7) is 1.39. The fraction of sp³-hybridized carbons (Fsp3) is 0.300. The van der Waals surface area contributed by atoms with Gasteiger partial charge in [0.25, 0.3) is 0 Å². The summed E-state index contributed by atoms with van der Waals surface area (Å²) in [4.78, 5) is 11.4. The van der Waals surface area contributed by atoms with Crippen LogP contribution >= 0.6 is 0 Å². The predicted octanol–water partition coefficient (Wildman–Crippen LogP) is 0.586. The van der Waals surface area contributed by atoms with Crippen molar-refractivity contribution in [3.63, 3.8) is 0 Å². The normalized spacial score (nSPS) is 21.8. The molecule has 1 aliphatic heterocycles. The third-order valence-electron chi connectivity index (χ3n) is 2.24. The molecule has 4 heteroatoms. The number of rotatable bonds is 1. The molecule has 0 spiro atoms. The highest BCUT2D eigenvalue weighted by molar-refractivity contribution is 5.83. The molecule has 1 heterocycles. The molecule has 74 valence electrons. The Hall–Kier alpha value is -1.42. The van der Waals surface area contributed by atoms with Gasteiger partial charge in [0, 0.05) is 13.1 Å². The third kappa shape index (κ3) is 1.75. The van der Waals surface area contributed by atoms with Crippen LogP contribution in [0.1, 0.15) is 11.6 Å². The number of benzene rings is 1. The summed E-state index contributed by atoms with van der Waals surface area (Å²) >= 11 is 0. The smallest absolute Gasteiger partial charge is 0.241 e. The van der Waals surface area contributed by atoms with Gasteiger partial charge in [-0.3, -0.25) is 4.79 Å². The minimum Gasteiger partial charge on any atom is -0.353 e. The predicted molar refractivity (Wildman–Crippen MR) is 50.2 cm³/mol. The molecule has 2 N–H and O–H groups in total. The molecule has 2 rings (SSSR count). The number of hydrogen-bond acceptors (Lipinski definition) is 2. The van der Waals surface area contributed by atoms with E-state index in [4.69, 9.17) is 0 Å². The van der Waals surface area contributed by atoms with Gasteiger partial charge in [-0.05, 0) is 17.7 Å². The maximum absolute atomic E-state index is 12.6. The highest BCUT2D eigenvalue weighted by atomic mass is 19.1. The molecule has 1 fully saturated rings. The lowest BCUT2D eigenvalue weighted by molar-refractivity contribution is -0.124. The average molecular weight is 194 g/mol. The summed E-state index contributed by atoms with van der Waals surface area (Å²) in [5, 5.41) is 5.82. The van der Waals surface area contributed by atoms with Crippen molar-refractivity contribution in [2.45, 2.75) is 6.04 Å². The zero-order valence-corrected chi connectivity index (χ0v) is 7.59. The number of nitrogens with one attached hydrogen (secondary N) is 2. The Bertz CT molecular complexity index is 336. The van der Waals surface area contributed by atoms with Gasteiger partial charge in [0.1, 0.15) is 11.9 Å². The summed E-state index contributed by atoms with van der Waals surface area (Å²) < 4.78 is 12.6. The Morgan fingerprint density at radius 2 is 1.93 bits per heavy atom. The maximum atomic E-state index is 12.6. The fourth-order valence-corrected chi connectivity index (χ4v) is 1.52. The highest BCUT2D eigenvalue weighted by Gasteiger charge is 2.22. The van der Waals surface area contributed by atoms with Gasteiger partial charge in [0.2, 0.25) is 5.91 Å². The van der Waals surface area contributed by atoms with E-state index in [2.05, 4.69) is 10.6 Å². The topological polar surface area (TPSA) is 41.1 Å². The third-order valence-corrected chi connectivity index (χ3v) is 2.24. The van der Waals surface area contributed by atoms with Crippen LogP contribution in [-0.4, -0.2) is 19.0 Å². The largest absolute Gasteiger partial charge is 0.353 e. The van der Waals surface area contributed by atoms with Crippen molar-refractivity contribution in [3.05, 3.63) is 35.6 Å². The van der Waals surface area contributed by atoms with Crippen LogP contribution in [0.25, 0.3) is 0 Å². The first kappa shape index (κ1) is 9.15. The lowest BCUT2D eigenvalue weighted by Crippen LogP contribution is -2.47. The molecule has 0 saturated carbocycles. The fourth-order valence-electron chi connectivity index (χ4n) is 1.52. The van der Waals surface area contributed by atoms with Crippen LogP contribution in [0.2, 0.25) is 0 Å². The molecule has 14 heavy (non-hydrogen) atoms. The molecule has 1 atom stereocenters. The average Bonchev–Trinajstić information content (AvgIpc) is 2.20. The van der Waals surface area contributed by atoms with E-state index in [-0.39, 0.29) is 17.8 Å². The number of hydrogen-bond donors (Lipinski definition) is 2. The van der Waals surface area contributed by atoms with Gasteiger partial charge < -0.3 is 10.6 Å². The van der Waals surface area contributed by atoms with Crippen LogP contribution in [-0.2, 0) is 4.79 Å². The lowest BCUT2D eigenvalue weighted by Gasteiger charge is -2.23. The zero-order chi connectivity index (χ0) is 9.97. The van der Waals surface area contributed by atoms with Gasteiger partial charge in [0.05, 0.1) is 0 Å². The van der Waals surface area contributed by atoms with E-state index < -0.39 is 0 Å². The van der Waals surface area contributed by atoms with Gasteiger partial charge >= 0.3 is 0 Å². The summed E-state index contributed by atoms with van der Waals surface area (Å²) in [6, 6.07) is 5.62. The first-order chi connectivity index (χ1) is 6.77. The Morgan fingerprint density at radius 3 is 2.57 bits per heavy atom. The van der Waals surface area contributed by atoms with Crippen LogP contribution < -0.4 is 10.6 Å². The standard InChI is InChI=1S/C10H11FN2O/c11-8-3-1-7(2-4-8)9-10(14)13-6-5-12-9/h1-4,9,12H,5-6H2,(H,13,14)/t9-/m1/s1. The van der Waals surface area contributed by atoms with Crippen molar-refractivity contribution in [3.8, 4) is 0 Å². The van der Waals surface area contributed by atoms with Crippen molar-refractivity contribution in [1.82, 2.24) is 10.6 Å². The van der Waals surface area contributed by atoms with E-state index in [0.29, 0.717) is 6.54 Å². The van der Waals surface area contributed by atoms with Crippen LogP contribution in [0.3, 0.4) is 0 Å². The van der Waals surface area contributed by atoms with Crippen molar-refractivity contribution in [1.29, 1.82) is 0 Å². The molecule has 0 unspecified atom stereocenters. The van der Waals surface area contributed by atoms with Gasteiger partial charge in [-0.15, -0.1) is 0 Å². The van der Waals surface area contributed by atoms with Crippen LogP contribution in [0, 0.1) is 5.82 Å². The minimum absolute atomic E-state index is 0.0529. The molecule has 0 aliphatic carbocycles. The monoisotopic (exact) mass is 194 g/mol. The second-order valence-electron chi connectivity index (χ2n) is 3.23. The number of amides is 1. The molecule has 1 aromatic carbocycles. The number of carbonyl (C=O) groups excluding carboxylic acids is 1. The van der Waals surface area contributed by atoms with E-state index in [1.807, 2.05) is 0 Å². The number of carbonyl (C=O) groups is 1. The first-order valence-corrected chi connectivity index (χ1v) is 4.54. The molecule has 1 aliphatic rings. The van der Waals surface area contributed by atoms with Crippen molar-refractivity contribution >= 4 is 5.91 Å². The molecular weight excluding hydrogens is 183 g/mol. The Balaban J connectivity index is 2.20. The van der Waals surface area contributed by atoms with Crippen molar-refractivity contribution in [2.24, 2.45) is 0 Å². The van der Waals surface area contributed by atoms with E-state index in [9.17, 15) is 9.18 Å². The van der Waals surface area contributed by atoms with Crippen LogP contribution in [0.4, 0.5) is 4.39 Å². The molecule has 1 saturated heterocycles. The highest BCUT2D eigenvalue weighted by Crippen LogP contribution is 2.14. The lowest BCUT2D eigenvalue weighted by atomic mass is 10.0. The Labute approximate surface area is 81.3 Å². The molecule has 0 radical (unpaired) electrons. The van der Waals surface area contributed by atoms with E-state index in [1.54, 1.807) is 12.1 Å². The van der Waals surface area contributed by atoms with Crippen molar-refractivity contribution in [2.75, 3.05) is 13.1 Å². The summed E-state index contributed by atoms with van der Waals surface area (Å²) in [5.41, 5.74) is 0.795. The second-order valence-corrected chi connectivity index (χ2v) is 3.23. The van der Waals surface area contributed by atoms with Gasteiger partial charge in [-0.1, -0.05) is 12.1 Å². The maximum Gasteiger partial charge on any atom is 0.241 e. The van der Waals surface area contributed by atoms with E-state index in [1.165, 1.54) is 12.1 Å². The van der Waals surface area contributed by atoms with E-state index >= 15 is 0 Å². The number of halogens is 1. The van der Waals surface area contributed by atoms with Gasteiger partial charge in [0.15, 0.2) is 0 Å². The first-order valence-electron chi connectivity index (χ1n) is 4.54. The SMILES string of the molecule is O=C1NCCN[C@@H]1c1ccc(F)cc1. The molecule has 1 amide bonds. The summed E-state index contributed by atoms with van der Waals surface area (Å²) in [5.74, 6) is -0.340. The minimum atomic E-state index is -0.343. The zero-order valence-electron chi connectivity index (χ0n) is 7.59. The molecular formula is C10H11FN2O. The molecule has 0 aromatic heterocycles. The number of piperazine rings is 1. The van der Waals surface area contributed by atoms with Crippen LogP contribution in [0.15, 0.2) is 24.3 Å². The summed E-state index contributed by atoms with van der Waals surface area (Å²) in [6.07, 6.45) is 0. The Kier molecular flexibility index (Phi) is 2.45. The Morgan fingerprint density at radius 1 is 1.21 bits per heavy atom. The van der Waals surface area contributed by atoms with Crippen molar-refractivity contribution < 1.29 is 9.18 Å². The summed E-state index contributed by atoms with van der Waals surface area (Å²) in [7, 11) is 0. The van der Waals surface area contributed by atoms with Gasteiger partial charge in [-0.25, -0.2) is 4.39 Å². The van der Waals surface area contributed by atoms with Crippen LogP contribution in [0.5, 0.6) is 0 Å². The van der Waals surface area contributed by atoms with Gasteiger partial charge in [-0.2, -0.15) is 0 Å². The quantitative estimate of drug-likeness (QED) is 0.686. The molecule has 1 aromatic rings. The van der Waals surface area contributed by atoms with E-state index in [0.717, 1.165) is 12.1 Å². The second kappa shape index (κ2) is 3.75. The molecule has 0 bridgehead atoms.